The van der Waals surface area contributed by atoms with E-state index in [1.165, 1.54) is 18.2 Å². The van der Waals surface area contributed by atoms with Crippen molar-refractivity contribution in [3.05, 3.63) is 66.0 Å². The highest BCUT2D eigenvalue weighted by atomic mass is 32.2. The van der Waals surface area contributed by atoms with Gasteiger partial charge in [0.15, 0.2) is 0 Å². The molecule has 0 aliphatic heterocycles. The van der Waals surface area contributed by atoms with Crippen molar-refractivity contribution in [1.29, 1.82) is 0 Å². The van der Waals surface area contributed by atoms with Crippen molar-refractivity contribution < 1.29 is 12.8 Å². The maximum atomic E-state index is 13.7. The van der Waals surface area contributed by atoms with E-state index in [1.54, 1.807) is 0 Å². The second-order valence-electron chi connectivity index (χ2n) is 5.59. The van der Waals surface area contributed by atoms with Crippen LogP contribution in [0.2, 0.25) is 0 Å². The van der Waals surface area contributed by atoms with Gasteiger partial charge >= 0.3 is 0 Å². The topological polar surface area (TPSA) is 49.4 Å². The Labute approximate surface area is 137 Å². The van der Waals surface area contributed by atoms with E-state index in [9.17, 15) is 12.8 Å². The summed E-state index contributed by atoms with van der Waals surface area (Å²) in [5.74, 6) is -0.746. The average Bonchev–Trinajstić information content (AvgIpc) is 2.52. The molecule has 0 aliphatic carbocycles. The van der Waals surface area contributed by atoms with Crippen molar-refractivity contribution >= 4 is 10.0 Å². The number of hydrogen-bond donors (Lipinski definition) is 1. The third-order valence-corrected chi connectivity index (χ3v) is 5.14. The Hall–Kier alpha value is -1.76. The van der Waals surface area contributed by atoms with Crippen LogP contribution >= 0.6 is 0 Å². The summed E-state index contributed by atoms with van der Waals surface area (Å²) >= 11 is 0. The second kappa shape index (κ2) is 7.68. The van der Waals surface area contributed by atoms with Gasteiger partial charge in [0.25, 0.3) is 0 Å². The molecule has 6 heteroatoms. The van der Waals surface area contributed by atoms with E-state index in [4.69, 9.17) is 0 Å². The smallest absolute Gasteiger partial charge is 0.243 e. The summed E-state index contributed by atoms with van der Waals surface area (Å²) in [5.41, 5.74) is 1.12. The zero-order valence-corrected chi connectivity index (χ0v) is 14.1. The lowest BCUT2D eigenvalue weighted by molar-refractivity contribution is 0.291. The summed E-state index contributed by atoms with van der Waals surface area (Å²) in [6.07, 6.45) is 0.702. The van der Waals surface area contributed by atoms with Crippen LogP contribution in [0.3, 0.4) is 0 Å². The zero-order valence-electron chi connectivity index (χ0n) is 13.2. The van der Waals surface area contributed by atoms with Crippen LogP contribution in [0.25, 0.3) is 0 Å². The number of rotatable bonds is 7. The maximum absolute atomic E-state index is 13.7. The van der Waals surface area contributed by atoms with E-state index in [0.29, 0.717) is 6.42 Å². The van der Waals surface area contributed by atoms with E-state index < -0.39 is 15.8 Å². The molecule has 23 heavy (non-hydrogen) atoms. The van der Waals surface area contributed by atoms with Gasteiger partial charge in [0, 0.05) is 12.6 Å². The standard InChI is InChI=1S/C17H21FN2O2S/c1-20(2)15(12-14-8-4-3-5-9-14)13-19-23(21,22)17-11-7-6-10-16(17)18/h3-11,15,19H,12-13H2,1-2H3. The Kier molecular flexibility index (Phi) is 5.87. The van der Waals surface area contributed by atoms with Gasteiger partial charge in [-0.15, -0.1) is 0 Å². The Bertz CT molecular complexity index is 733. The molecule has 4 nitrogen and oxygen atoms in total. The highest BCUT2D eigenvalue weighted by Crippen LogP contribution is 2.14. The normalized spacial score (nSPS) is 13.2. The van der Waals surface area contributed by atoms with E-state index >= 15 is 0 Å². The Morgan fingerprint density at radius 3 is 2.26 bits per heavy atom. The summed E-state index contributed by atoms with van der Waals surface area (Å²) in [4.78, 5) is 1.63. The van der Waals surface area contributed by atoms with Gasteiger partial charge < -0.3 is 4.90 Å². The first-order valence-electron chi connectivity index (χ1n) is 7.34. The quantitative estimate of drug-likeness (QED) is 0.844. The molecule has 1 atom stereocenters. The third-order valence-electron chi connectivity index (χ3n) is 3.68. The van der Waals surface area contributed by atoms with Crippen LogP contribution in [0.1, 0.15) is 5.56 Å². The minimum Gasteiger partial charge on any atom is -0.305 e. The van der Waals surface area contributed by atoms with Crippen LogP contribution < -0.4 is 4.72 Å². The molecule has 1 N–H and O–H groups in total. The third kappa shape index (κ3) is 4.86. The van der Waals surface area contributed by atoms with Crippen LogP contribution in [0, 0.1) is 5.82 Å². The maximum Gasteiger partial charge on any atom is 0.243 e. The molecule has 0 saturated carbocycles. The van der Waals surface area contributed by atoms with Crippen molar-refractivity contribution in [3.8, 4) is 0 Å². The summed E-state index contributed by atoms with van der Waals surface area (Å²) in [7, 11) is -0.0758. The van der Waals surface area contributed by atoms with Crippen LogP contribution in [-0.4, -0.2) is 40.0 Å². The van der Waals surface area contributed by atoms with Gasteiger partial charge in [0.2, 0.25) is 10.0 Å². The van der Waals surface area contributed by atoms with Crippen molar-refractivity contribution in [2.75, 3.05) is 20.6 Å². The molecule has 2 rings (SSSR count). The lowest BCUT2D eigenvalue weighted by Gasteiger charge is -2.24. The average molecular weight is 336 g/mol. The zero-order chi connectivity index (χ0) is 16.9. The molecule has 2 aromatic carbocycles. The van der Waals surface area contributed by atoms with Crippen LogP contribution in [0.4, 0.5) is 4.39 Å². The molecule has 0 aromatic heterocycles. The predicted octanol–water partition coefficient (Wildman–Crippen LogP) is 2.28. The monoisotopic (exact) mass is 336 g/mol. The van der Waals surface area contributed by atoms with Crippen LogP contribution in [0.5, 0.6) is 0 Å². The van der Waals surface area contributed by atoms with Gasteiger partial charge in [0.05, 0.1) is 0 Å². The molecule has 0 heterocycles. The van der Waals surface area contributed by atoms with E-state index in [-0.39, 0.29) is 17.5 Å². The van der Waals surface area contributed by atoms with Gasteiger partial charge in [-0.05, 0) is 38.2 Å². The minimum atomic E-state index is -3.86. The second-order valence-corrected chi connectivity index (χ2v) is 7.32. The van der Waals surface area contributed by atoms with Crippen molar-refractivity contribution in [1.82, 2.24) is 9.62 Å². The molecule has 0 spiro atoms. The molecular weight excluding hydrogens is 315 g/mol. The fourth-order valence-corrected chi connectivity index (χ4v) is 3.42. The molecule has 0 radical (unpaired) electrons. The van der Waals surface area contributed by atoms with Gasteiger partial charge in [0.1, 0.15) is 10.7 Å². The summed E-state index contributed by atoms with van der Waals surface area (Å²) in [6.45, 7) is 0.207. The minimum absolute atomic E-state index is 0.0288. The Balaban J connectivity index is 2.08. The number of nitrogens with zero attached hydrogens (tertiary/aromatic N) is 1. The highest BCUT2D eigenvalue weighted by Gasteiger charge is 2.21. The Morgan fingerprint density at radius 2 is 1.65 bits per heavy atom. The molecule has 124 valence electrons. The van der Waals surface area contributed by atoms with Crippen LogP contribution in [-0.2, 0) is 16.4 Å². The molecule has 0 saturated heterocycles. The molecule has 1 unspecified atom stereocenters. The SMILES string of the molecule is CN(C)C(CNS(=O)(=O)c1ccccc1F)Cc1ccccc1. The molecule has 0 amide bonds. The fraction of sp³-hybridized carbons (Fsp3) is 0.294. The summed E-state index contributed by atoms with van der Waals surface area (Å²) in [6, 6.07) is 15.2. The first-order valence-corrected chi connectivity index (χ1v) is 8.83. The number of sulfonamides is 1. The van der Waals surface area contributed by atoms with E-state index in [1.807, 2.05) is 49.3 Å². The van der Waals surface area contributed by atoms with Gasteiger partial charge in [-0.2, -0.15) is 0 Å². The number of benzene rings is 2. The molecule has 0 bridgehead atoms. The molecular formula is C17H21FN2O2S. The lowest BCUT2D eigenvalue weighted by atomic mass is 10.1. The molecule has 2 aromatic rings. The lowest BCUT2D eigenvalue weighted by Crippen LogP contribution is -2.41. The number of hydrogen-bond acceptors (Lipinski definition) is 3. The first-order chi connectivity index (χ1) is 10.9. The van der Waals surface area contributed by atoms with Crippen molar-refractivity contribution in [2.24, 2.45) is 0 Å². The van der Waals surface area contributed by atoms with Gasteiger partial charge in [-0.3, -0.25) is 0 Å². The highest BCUT2D eigenvalue weighted by molar-refractivity contribution is 7.89. The fourth-order valence-electron chi connectivity index (χ4n) is 2.27. The van der Waals surface area contributed by atoms with E-state index in [0.717, 1.165) is 11.6 Å². The predicted molar refractivity (Wildman–Crippen MR) is 89.2 cm³/mol. The Morgan fingerprint density at radius 1 is 1.04 bits per heavy atom. The van der Waals surface area contributed by atoms with E-state index in [2.05, 4.69) is 4.72 Å². The molecule has 0 fully saturated rings. The van der Waals surface area contributed by atoms with Crippen molar-refractivity contribution in [2.45, 2.75) is 17.4 Å². The largest absolute Gasteiger partial charge is 0.305 e. The van der Waals surface area contributed by atoms with Gasteiger partial charge in [-0.25, -0.2) is 17.5 Å². The summed E-state index contributed by atoms with van der Waals surface area (Å²) < 4.78 is 40.7. The molecule has 0 aliphatic rings. The van der Waals surface area contributed by atoms with Crippen molar-refractivity contribution in [3.63, 3.8) is 0 Å². The number of nitrogens with one attached hydrogen (secondary N) is 1. The number of likely N-dealkylation sites (N-methyl/N-ethyl adjacent to an activating group) is 1. The summed E-state index contributed by atoms with van der Waals surface area (Å²) in [5, 5.41) is 0. The first kappa shape index (κ1) is 17.6. The van der Waals surface area contributed by atoms with Gasteiger partial charge in [-0.1, -0.05) is 42.5 Å². The number of halogens is 1. The van der Waals surface area contributed by atoms with Crippen LogP contribution in [0.15, 0.2) is 59.5 Å².